The van der Waals surface area contributed by atoms with Crippen molar-refractivity contribution in [1.29, 1.82) is 0 Å². The first-order valence-corrected chi connectivity index (χ1v) is 15.8. The van der Waals surface area contributed by atoms with Gasteiger partial charge in [-0.05, 0) is 6.71 Å². The molecule has 0 fully saturated rings. The van der Waals surface area contributed by atoms with Crippen LogP contribution in [-0.2, 0) is 0 Å². The zero-order chi connectivity index (χ0) is 10.2. The lowest BCUT2D eigenvalue weighted by atomic mass is 11.8. The smallest absolute Gasteiger partial charge is 0.184 e. The summed E-state index contributed by atoms with van der Waals surface area (Å²) in [5, 5.41) is 0. The van der Waals surface area contributed by atoms with Gasteiger partial charge in [-0.25, -0.2) is 0 Å². The summed E-state index contributed by atoms with van der Waals surface area (Å²) in [6, 6.07) is 0. The fourth-order valence-corrected chi connectivity index (χ4v) is 39.4. The Morgan fingerprint density at radius 1 is 0.750 bits per heavy atom. The second-order valence-corrected chi connectivity index (χ2v) is 31.0. The van der Waals surface area contributed by atoms with Gasteiger partial charge in [0.1, 0.15) is 0 Å². The first-order valence-electron chi connectivity index (χ1n) is 3.99. The standard InChI is InChI=1S/C6H18F2P2Si2/c1-11(2,3)10(9(7)8)12(4,5)6/h1-6H3. The van der Waals surface area contributed by atoms with Crippen molar-refractivity contribution in [1.82, 2.24) is 0 Å². The fourth-order valence-electron chi connectivity index (χ4n) is 1.46. The Morgan fingerprint density at radius 2 is 1.00 bits per heavy atom. The van der Waals surface area contributed by atoms with E-state index in [0.29, 0.717) is 0 Å². The quantitative estimate of drug-likeness (QED) is 0.468. The maximum absolute atomic E-state index is 12.9. The van der Waals surface area contributed by atoms with Crippen molar-refractivity contribution >= 4 is 30.4 Å². The van der Waals surface area contributed by atoms with Crippen LogP contribution in [0.4, 0.5) is 8.39 Å². The molecule has 0 aliphatic rings. The van der Waals surface area contributed by atoms with E-state index in [2.05, 4.69) is 39.3 Å². The van der Waals surface area contributed by atoms with Gasteiger partial charge in [0.25, 0.3) is 8.23 Å². The minimum Gasteiger partial charge on any atom is -0.184 e. The fraction of sp³-hybridized carbons (Fsp3) is 1.00. The Morgan fingerprint density at radius 3 is 1.00 bits per heavy atom. The molecule has 0 atom stereocenters. The van der Waals surface area contributed by atoms with E-state index < -0.39 is 30.4 Å². The van der Waals surface area contributed by atoms with Crippen molar-refractivity contribution in [2.45, 2.75) is 39.3 Å². The molecule has 12 heavy (non-hydrogen) atoms. The SMILES string of the molecule is C[Si](C)(C)P(P(F)F)[Si](C)(C)C. The van der Waals surface area contributed by atoms with Gasteiger partial charge in [0.15, 0.2) is 0 Å². The molecular formula is C6H18F2P2Si2. The molecule has 0 unspecified atom stereocenters. The predicted molar refractivity (Wildman–Crippen MR) is 62.7 cm³/mol. The summed E-state index contributed by atoms with van der Waals surface area (Å²) in [4.78, 5) is 0. The predicted octanol–water partition coefficient (Wildman–Crippen LogP) is 5.30. The number of halogens is 2. The molecule has 0 aromatic rings. The largest absolute Gasteiger partial charge is 0.279 e. The van der Waals surface area contributed by atoms with Crippen molar-refractivity contribution < 1.29 is 8.39 Å². The summed E-state index contributed by atoms with van der Waals surface area (Å²) >= 11 is 0. The van der Waals surface area contributed by atoms with Gasteiger partial charge in [-0.15, -0.1) is 0 Å². The Balaban J connectivity index is 4.70. The van der Waals surface area contributed by atoms with Crippen molar-refractivity contribution in [2.24, 2.45) is 0 Å². The third kappa shape index (κ3) is 3.91. The minimum atomic E-state index is -2.65. The van der Waals surface area contributed by atoms with Crippen LogP contribution in [-0.4, -0.2) is 15.5 Å². The van der Waals surface area contributed by atoms with Crippen LogP contribution in [0.5, 0.6) is 0 Å². The summed E-state index contributed by atoms with van der Waals surface area (Å²) in [7, 11) is -5.81. The first-order chi connectivity index (χ1) is 5.07. The lowest BCUT2D eigenvalue weighted by Gasteiger charge is -2.37. The van der Waals surface area contributed by atoms with E-state index in [1.807, 2.05) is 0 Å². The lowest BCUT2D eigenvalue weighted by molar-refractivity contribution is 0.774. The molecule has 0 heterocycles. The highest BCUT2D eigenvalue weighted by Crippen LogP contribution is 2.79. The molecule has 0 aromatic heterocycles. The highest BCUT2D eigenvalue weighted by atomic mass is 32.3. The molecule has 0 N–H and O–H groups in total. The summed E-state index contributed by atoms with van der Waals surface area (Å²) < 4.78 is 25.7. The van der Waals surface area contributed by atoms with Gasteiger partial charge in [-0.3, -0.25) is 0 Å². The molecule has 0 saturated heterocycles. The molecule has 0 bridgehead atoms. The van der Waals surface area contributed by atoms with Crippen LogP contribution in [0.25, 0.3) is 0 Å². The summed E-state index contributed by atoms with van der Waals surface area (Å²) in [6.07, 6.45) is 0. The van der Waals surface area contributed by atoms with E-state index in [0.717, 1.165) is 0 Å². The van der Waals surface area contributed by atoms with E-state index in [-0.39, 0.29) is 0 Å². The Kier molecular flexibility index (Phi) is 4.52. The maximum Gasteiger partial charge on any atom is 0.279 e. The third-order valence-electron chi connectivity index (χ3n) is 1.42. The van der Waals surface area contributed by atoms with Crippen LogP contribution in [0.2, 0.25) is 39.3 Å². The second-order valence-electron chi connectivity index (χ2n) is 4.87. The maximum atomic E-state index is 12.9. The van der Waals surface area contributed by atoms with Gasteiger partial charge >= 0.3 is 0 Å². The minimum absolute atomic E-state index is 0.892. The molecule has 0 saturated carbocycles. The van der Waals surface area contributed by atoms with Gasteiger partial charge in [-0.1, -0.05) is 39.3 Å². The van der Waals surface area contributed by atoms with E-state index in [1.165, 1.54) is 0 Å². The molecule has 0 spiro atoms. The Labute approximate surface area is 78.5 Å². The molecule has 0 rings (SSSR count). The van der Waals surface area contributed by atoms with Crippen LogP contribution in [0, 0.1) is 0 Å². The van der Waals surface area contributed by atoms with E-state index in [4.69, 9.17) is 0 Å². The summed E-state index contributed by atoms with van der Waals surface area (Å²) in [6.45, 7) is 11.6. The zero-order valence-corrected chi connectivity index (χ0v) is 12.4. The highest BCUT2D eigenvalue weighted by molar-refractivity contribution is 8.54. The van der Waals surface area contributed by atoms with Crippen LogP contribution >= 0.6 is 14.9 Å². The van der Waals surface area contributed by atoms with Crippen LogP contribution in [0.3, 0.4) is 0 Å². The van der Waals surface area contributed by atoms with Gasteiger partial charge < -0.3 is 0 Å². The second kappa shape index (κ2) is 4.12. The molecule has 0 amide bonds. The molecular weight excluding hydrogens is 228 g/mol. The zero-order valence-electron chi connectivity index (χ0n) is 8.65. The van der Waals surface area contributed by atoms with Crippen LogP contribution < -0.4 is 0 Å². The first kappa shape index (κ1) is 13.2. The molecule has 74 valence electrons. The van der Waals surface area contributed by atoms with E-state index in [9.17, 15) is 8.39 Å². The molecule has 0 aliphatic heterocycles. The molecule has 6 heteroatoms. The summed E-state index contributed by atoms with van der Waals surface area (Å²) in [5.74, 6) is 0. The average molecular weight is 246 g/mol. The van der Waals surface area contributed by atoms with Crippen molar-refractivity contribution in [3.8, 4) is 0 Å². The van der Waals surface area contributed by atoms with Gasteiger partial charge in [0.05, 0.1) is 15.5 Å². The third-order valence-corrected chi connectivity index (χ3v) is 38.4. The highest BCUT2D eigenvalue weighted by Gasteiger charge is 2.43. The topological polar surface area (TPSA) is 0 Å². The Hall–Kier alpha value is 1.15. The van der Waals surface area contributed by atoms with Gasteiger partial charge in [-0.2, -0.15) is 8.39 Å². The average Bonchev–Trinajstić information content (AvgIpc) is 1.49. The Bertz CT molecular complexity index is 137. The monoisotopic (exact) mass is 246 g/mol. The molecule has 0 aliphatic carbocycles. The molecule has 0 radical (unpaired) electrons. The summed E-state index contributed by atoms with van der Waals surface area (Å²) in [5.41, 5.74) is 0. The van der Waals surface area contributed by atoms with E-state index in [1.54, 1.807) is 0 Å². The van der Waals surface area contributed by atoms with Crippen LogP contribution in [0.1, 0.15) is 0 Å². The normalized spacial score (nSPS) is 14.5. The number of rotatable bonds is 3. The number of hydrogen-bond donors (Lipinski definition) is 0. The molecule has 0 nitrogen and oxygen atoms in total. The van der Waals surface area contributed by atoms with Crippen molar-refractivity contribution in [2.75, 3.05) is 0 Å². The van der Waals surface area contributed by atoms with Crippen molar-refractivity contribution in [3.05, 3.63) is 0 Å². The number of hydrogen-bond acceptors (Lipinski definition) is 0. The molecule has 0 aromatic carbocycles. The van der Waals surface area contributed by atoms with Crippen LogP contribution in [0.15, 0.2) is 0 Å². The van der Waals surface area contributed by atoms with Gasteiger partial charge in [0.2, 0.25) is 0 Å². The van der Waals surface area contributed by atoms with Crippen molar-refractivity contribution in [3.63, 3.8) is 0 Å². The van der Waals surface area contributed by atoms with Gasteiger partial charge in [0, 0.05) is 0 Å². The lowest BCUT2D eigenvalue weighted by Crippen LogP contribution is -2.30. The van der Waals surface area contributed by atoms with E-state index >= 15 is 0 Å².